The maximum absolute atomic E-state index is 10.6. The Kier molecular flexibility index (Phi) is 3.30. The summed E-state index contributed by atoms with van der Waals surface area (Å²) in [4.78, 5) is 20.5. The minimum atomic E-state index is -1.67. The van der Waals surface area contributed by atoms with Crippen molar-refractivity contribution >= 4 is 0 Å². The van der Waals surface area contributed by atoms with E-state index in [4.69, 9.17) is 0 Å². The van der Waals surface area contributed by atoms with Gasteiger partial charge in [-0.15, -0.1) is 4.91 Å². The second kappa shape index (κ2) is 3.60. The van der Waals surface area contributed by atoms with Crippen molar-refractivity contribution in [3.8, 4) is 0 Å². The van der Waals surface area contributed by atoms with Crippen molar-refractivity contribution in [1.29, 1.82) is 0 Å². The molecule has 0 N–H and O–H groups in total. The molecule has 0 saturated heterocycles. The molecule has 0 aliphatic carbocycles. The quantitative estimate of drug-likeness (QED) is 0.372. The summed E-state index contributed by atoms with van der Waals surface area (Å²) in [6.45, 7) is 6.52. The number of nitroso groups, excluding NO2 is 1. The third-order valence-electron chi connectivity index (χ3n) is 2.14. The number of hydrogen-bond acceptors (Lipinski definition) is 4. The van der Waals surface area contributed by atoms with Crippen molar-refractivity contribution in [2.45, 2.75) is 33.4 Å². The smallest absolute Gasteiger partial charge is 0.262 e. The second-order valence-corrected chi connectivity index (χ2v) is 3.44. The summed E-state index contributed by atoms with van der Waals surface area (Å²) in [5, 5.41) is 13.3. The summed E-state index contributed by atoms with van der Waals surface area (Å²) in [6.07, 6.45) is 0. The molecule has 5 nitrogen and oxygen atoms in total. The lowest BCUT2D eigenvalue weighted by Crippen LogP contribution is -2.46. The van der Waals surface area contributed by atoms with Gasteiger partial charge in [0.15, 0.2) is 0 Å². The van der Waals surface area contributed by atoms with Crippen LogP contribution in [0.5, 0.6) is 0 Å². The Morgan fingerprint density at radius 1 is 1.25 bits per heavy atom. The van der Waals surface area contributed by atoms with Gasteiger partial charge in [0.1, 0.15) is 0 Å². The zero-order valence-corrected chi connectivity index (χ0v) is 7.77. The fourth-order valence-electron chi connectivity index (χ4n) is 1.33. The molecule has 0 bridgehead atoms. The highest BCUT2D eigenvalue weighted by molar-refractivity contribution is 4.82. The van der Waals surface area contributed by atoms with Crippen LogP contribution in [0.3, 0.4) is 0 Å². The molecule has 0 spiro atoms. The lowest BCUT2D eigenvalue weighted by molar-refractivity contribution is -0.587. The standard InChI is InChI=1S/C7H14N2O3/c1-5(2)7(8-10,6(3)4)9(11)12/h5-6H,1-4H3. The maximum atomic E-state index is 10.6. The molecule has 0 aliphatic heterocycles. The van der Waals surface area contributed by atoms with Crippen LogP contribution in [0.2, 0.25) is 0 Å². The monoisotopic (exact) mass is 174 g/mol. The molecule has 0 saturated carbocycles. The zero-order valence-electron chi connectivity index (χ0n) is 7.77. The van der Waals surface area contributed by atoms with Crippen LogP contribution in [0, 0.1) is 26.9 Å². The van der Waals surface area contributed by atoms with Gasteiger partial charge in [0, 0.05) is 17.0 Å². The summed E-state index contributed by atoms with van der Waals surface area (Å²) in [6, 6.07) is 0. The molecule has 12 heavy (non-hydrogen) atoms. The highest BCUT2D eigenvalue weighted by Crippen LogP contribution is 2.30. The molecular formula is C7H14N2O3. The van der Waals surface area contributed by atoms with Gasteiger partial charge in [-0.25, -0.2) is 0 Å². The third kappa shape index (κ3) is 1.44. The SMILES string of the molecule is CC(C)C(N=O)(C(C)C)[N+](=O)[O-]. The van der Waals surface area contributed by atoms with Crippen LogP contribution in [0.4, 0.5) is 0 Å². The summed E-state index contributed by atoms with van der Waals surface area (Å²) in [5.41, 5.74) is -1.67. The van der Waals surface area contributed by atoms with Gasteiger partial charge >= 0.3 is 5.66 Å². The summed E-state index contributed by atoms with van der Waals surface area (Å²) in [7, 11) is 0. The van der Waals surface area contributed by atoms with E-state index in [0.29, 0.717) is 0 Å². The van der Waals surface area contributed by atoms with Crippen LogP contribution in [0.1, 0.15) is 27.7 Å². The highest BCUT2D eigenvalue weighted by Gasteiger charge is 2.51. The van der Waals surface area contributed by atoms with E-state index in [-0.39, 0.29) is 11.8 Å². The molecule has 0 aromatic heterocycles. The van der Waals surface area contributed by atoms with E-state index in [9.17, 15) is 15.0 Å². The first-order chi connectivity index (χ1) is 5.39. The van der Waals surface area contributed by atoms with Gasteiger partial charge in [-0.3, -0.25) is 10.1 Å². The Bertz CT molecular complexity index is 181. The van der Waals surface area contributed by atoms with Crippen molar-refractivity contribution in [2.24, 2.45) is 17.0 Å². The fourth-order valence-corrected chi connectivity index (χ4v) is 1.33. The lowest BCUT2D eigenvalue weighted by atomic mass is 9.86. The number of rotatable bonds is 4. The number of nitro groups is 1. The maximum Gasteiger partial charge on any atom is 0.352 e. The Hall–Kier alpha value is -1.00. The molecule has 0 aromatic rings. The van der Waals surface area contributed by atoms with Gasteiger partial charge in [0.2, 0.25) is 0 Å². The molecule has 0 aromatic carbocycles. The molecule has 0 fully saturated rings. The molecule has 0 unspecified atom stereocenters. The number of nitrogens with zero attached hydrogens (tertiary/aromatic N) is 2. The molecule has 0 atom stereocenters. The molecule has 70 valence electrons. The Labute approximate surface area is 71.3 Å². The van der Waals surface area contributed by atoms with E-state index in [1.54, 1.807) is 27.7 Å². The fraction of sp³-hybridized carbons (Fsp3) is 1.00. The first-order valence-electron chi connectivity index (χ1n) is 3.88. The molecule has 5 heteroatoms. The molecule has 0 radical (unpaired) electrons. The minimum absolute atomic E-state index is 0.384. The molecule has 0 aliphatic rings. The van der Waals surface area contributed by atoms with E-state index >= 15 is 0 Å². The second-order valence-electron chi connectivity index (χ2n) is 3.44. The first-order valence-corrected chi connectivity index (χ1v) is 3.88. The summed E-state index contributed by atoms with van der Waals surface area (Å²) < 4.78 is 0. The third-order valence-corrected chi connectivity index (χ3v) is 2.14. The van der Waals surface area contributed by atoms with Gasteiger partial charge < -0.3 is 0 Å². The number of hydrogen-bond donors (Lipinski definition) is 0. The van der Waals surface area contributed by atoms with E-state index < -0.39 is 10.6 Å². The van der Waals surface area contributed by atoms with Crippen LogP contribution < -0.4 is 0 Å². The van der Waals surface area contributed by atoms with E-state index in [0.717, 1.165) is 0 Å². The summed E-state index contributed by atoms with van der Waals surface area (Å²) in [5.74, 6) is -0.769. The van der Waals surface area contributed by atoms with E-state index in [1.165, 1.54) is 0 Å². The van der Waals surface area contributed by atoms with Crippen molar-refractivity contribution in [2.75, 3.05) is 0 Å². The van der Waals surface area contributed by atoms with E-state index in [2.05, 4.69) is 5.18 Å². The molecule has 0 rings (SSSR count). The van der Waals surface area contributed by atoms with Gasteiger partial charge in [-0.1, -0.05) is 27.7 Å². The van der Waals surface area contributed by atoms with Crippen LogP contribution >= 0.6 is 0 Å². The van der Waals surface area contributed by atoms with Gasteiger partial charge in [0.25, 0.3) is 0 Å². The van der Waals surface area contributed by atoms with Gasteiger partial charge in [0.05, 0.1) is 4.92 Å². The topological polar surface area (TPSA) is 72.6 Å². The zero-order chi connectivity index (χ0) is 9.94. The minimum Gasteiger partial charge on any atom is -0.262 e. The predicted molar refractivity (Wildman–Crippen MR) is 45.2 cm³/mol. The Balaban J connectivity index is 5.03. The summed E-state index contributed by atoms with van der Waals surface area (Å²) >= 11 is 0. The molecular weight excluding hydrogens is 160 g/mol. The lowest BCUT2D eigenvalue weighted by Gasteiger charge is -2.24. The van der Waals surface area contributed by atoms with Crippen LogP contribution in [-0.4, -0.2) is 10.6 Å². The molecule has 0 amide bonds. The van der Waals surface area contributed by atoms with Gasteiger partial charge in [-0.05, 0) is 0 Å². The van der Waals surface area contributed by atoms with Crippen molar-refractivity contribution in [1.82, 2.24) is 0 Å². The van der Waals surface area contributed by atoms with Crippen molar-refractivity contribution < 1.29 is 4.92 Å². The Morgan fingerprint density at radius 2 is 1.58 bits per heavy atom. The molecule has 0 heterocycles. The van der Waals surface area contributed by atoms with Crippen molar-refractivity contribution in [3.05, 3.63) is 15.0 Å². The largest absolute Gasteiger partial charge is 0.352 e. The van der Waals surface area contributed by atoms with E-state index in [1.807, 2.05) is 0 Å². The average Bonchev–Trinajstić information content (AvgIpc) is 1.86. The van der Waals surface area contributed by atoms with Gasteiger partial charge in [-0.2, -0.15) is 0 Å². The van der Waals surface area contributed by atoms with Crippen molar-refractivity contribution in [3.63, 3.8) is 0 Å². The van der Waals surface area contributed by atoms with Crippen LogP contribution in [0.25, 0.3) is 0 Å². The highest BCUT2D eigenvalue weighted by atomic mass is 16.6. The van der Waals surface area contributed by atoms with Crippen LogP contribution in [0.15, 0.2) is 5.18 Å². The normalized spacial score (nSPS) is 12.2. The Morgan fingerprint density at radius 3 is 1.58 bits per heavy atom. The predicted octanol–water partition coefficient (Wildman–Crippen LogP) is 2.04. The average molecular weight is 174 g/mol. The first kappa shape index (κ1) is 11.0. The van der Waals surface area contributed by atoms with Crippen LogP contribution in [-0.2, 0) is 0 Å².